The Labute approximate surface area is 118 Å². The van der Waals surface area contributed by atoms with E-state index in [9.17, 15) is 4.79 Å². The van der Waals surface area contributed by atoms with Crippen molar-refractivity contribution in [2.24, 2.45) is 11.3 Å². The zero-order valence-corrected chi connectivity index (χ0v) is 12.7. The van der Waals surface area contributed by atoms with Gasteiger partial charge in [-0.2, -0.15) is 0 Å². The number of hydrogen-bond acceptors (Lipinski definition) is 2. The van der Waals surface area contributed by atoms with Crippen molar-refractivity contribution in [3.05, 3.63) is 0 Å². The Kier molecular flexibility index (Phi) is 5.26. The highest BCUT2D eigenvalue weighted by Crippen LogP contribution is 2.37. The molecular formula is C16H30N2O. The molecule has 0 aromatic heterocycles. The molecule has 1 aliphatic heterocycles. The lowest BCUT2D eigenvalue weighted by atomic mass is 9.73. The van der Waals surface area contributed by atoms with Crippen LogP contribution >= 0.6 is 0 Å². The number of piperidine rings is 1. The molecule has 2 fully saturated rings. The Bertz CT molecular complexity index is 288. The molecule has 1 aliphatic carbocycles. The Morgan fingerprint density at radius 2 is 1.95 bits per heavy atom. The van der Waals surface area contributed by atoms with Crippen molar-refractivity contribution in [3.63, 3.8) is 0 Å². The maximum Gasteiger partial charge on any atom is 0.228 e. The highest BCUT2D eigenvalue weighted by Gasteiger charge is 2.41. The van der Waals surface area contributed by atoms with E-state index in [4.69, 9.17) is 0 Å². The van der Waals surface area contributed by atoms with Gasteiger partial charge in [0.25, 0.3) is 0 Å². The summed E-state index contributed by atoms with van der Waals surface area (Å²) < 4.78 is 0. The smallest absolute Gasteiger partial charge is 0.228 e. The van der Waals surface area contributed by atoms with Crippen molar-refractivity contribution in [2.45, 2.75) is 58.8 Å². The van der Waals surface area contributed by atoms with E-state index < -0.39 is 0 Å². The molecule has 1 heterocycles. The van der Waals surface area contributed by atoms with E-state index in [1.165, 1.54) is 19.3 Å². The number of rotatable bonds is 6. The highest BCUT2D eigenvalue weighted by molar-refractivity contribution is 5.83. The molecule has 3 nitrogen and oxygen atoms in total. The van der Waals surface area contributed by atoms with Crippen LogP contribution in [0, 0.1) is 11.3 Å². The quantitative estimate of drug-likeness (QED) is 0.802. The molecular weight excluding hydrogens is 236 g/mol. The molecule has 0 radical (unpaired) electrons. The van der Waals surface area contributed by atoms with E-state index in [2.05, 4.69) is 24.1 Å². The van der Waals surface area contributed by atoms with Gasteiger partial charge in [0, 0.05) is 13.1 Å². The Hall–Kier alpha value is -0.570. The number of carbonyl (C=O) groups is 1. The van der Waals surface area contributed by atoms with Crippen LogP contribution in [0.25, 0.3) is 0 Å². The topological polar surface area (TPSA) is 32.3 Å². The third kappa shape index (κ3) is 3.31. The number of hydrogen-bond donors (Lipinski definition) is 1. The minimum Gasteiger partial charge on any atom is -0.342 e. The van der Waals surface area contributed by atoms with Crippen LogP contribution in [0.1, 0.15) is 58.8 Å². The fourth-order valence-electron chi connectivity index (χ4n) is 3.63. The minimum absolute atomic E-state index is 0.0558. The van der Waals surface area contributed by atoms with Gasteiger partial charge in [0.15, 0.2) is 0 Å². The molecule has 0 unspecified atom stereocenters. The van der Waals surface area contributed by atoms with Crippen LogP contribution in [0.5, 0.6) is 0 Å². The third-order valence-electron chi connectivity index (χ3n) is 5.12. The molecule has 1 amide bonds. The van der Waals surface area contributed by atoms with Gasteiger partial charge >= 0.3 is 0 Å². The van der Waals surface area contributed by atoms with Gasteiger partial charge in [-0.3, -0.25) is 4.79 Å². The van der Waals surface area contributed by atoms with Crippen molar-refractivity contribution >= 4 is 5.91 Å². The lowest BCUT2D eigenvalue weighted by molar-refractivity contribution is -0.145. The van der Waals surface area contributed by atoms with Crippen molar-refractivity contribution < 1.29 is 4.79 Å². The fourth-order valence-corrected chi connectivity index (χ4v) is 3.63. The molecule has 110 valence electrons. The summed E-state index contributed by atoms with van der Waals surface area (Å²) in [5, 5.41) is 3.40. The van der Waals surface area contributed by atoms with Gasteiger partial charge in [-0.05, 0) is 58.0 Å². The number of nitrogens with zero attached hydrogens (tertiary/aromatic N) is 1. The van der Waals surface area contributed by atoms with Gasteiger partial charge < -0.3 is 10.2 Å². The standard InChI is InChI=1S/C16H30N2O/c1-3-8-16(9-11-17-12-10-16)15(19)18(4-2)13-14-6-5-7-14/h14,17H,3-13H2,1-2H3. The first-order valence-electron chi connectivity index (χ1n) is 8.22. The number of amides is 1. The van der Waals surface area contributed by atoms with E-state index in [1.807, 2.05) is 0 Å². The molecule has 0 spiro atoms. The van der Waals surface area contributed by atoms with E-state index in [1.54, 1.807) is 0 Å². The Balaban J connectivity index is 2.02. The molecule has 1 saturated carbocycles. The van der Waals surface area contributed by atoms with E-state index in [0.29, 0.717) is 5.91 Å². The van der Waals surface area contributed by atoms with Gasteiger partial charge in [-0.25, -0.2) is 0 Å². The Morgan fingerprint density at radius 3 is 2.42 bits per heavy atom. The predicted octanol–water partition coefficient (Wildman–Crippen LogP) is 2.80. The van der Waals surface area contributed by atoms with Crippen LogP contribution in [-0.4, -0.2) is 37.0 Å². The summed E-state index contributed by atoms with van der Waals surface area (Å²) in [5.41, 5.74) is -0.0558. The molecule has 3 heteroatoms. The predicted molar refractivity (Wildman–Crippen MR) is 79.0 cm³/mol. The first-order valence-corrected chi connectivity index (χ1v) is 8.22. The average molecular weight is 266 g/mol. The van der Waals surface area contributed by atoms with Crippen LogP contribution in [0.2, 0.25) is 0 Å². The van der Waals surface area contributed by atoms with E-state index in [0.717, 1.165) is 57.8 Å². The molecule has 0 aromatic carbocycles. The van der Waals surface area contributed by atoms with Crippen LogP contribution in [0.4, 0.5) is 0 Å². The molecule has 0 aromatic rings. The van der Waals surface area contributed by atoms with Crippen molar-refractivity contribution in [2.75, 3.05) is 26.2 Å². The monoisotopic (exact) mass is 266 g/mol. The Morgan fingerprint density at radius 1 is 1.26 bits per heavy atom. The third-order valence-corrected chi connectivity index (χ3v) is 5.12. The highest BCUT2D eigenvalue weighted by atomic mass is 16.2. The van der Waals surface area contributed by atoms with Gasteiger partial charge in [0.1, 0.15) is 0 Å². The van der Waals surface area contributed by atoms with Crippen LogP contribution < -0.4 is 5.32 Å². The zero-order chi connectivity index (χ0) is 13.7. The van der Waals surface area contributed by atoms with Gasteiger partial charge in [0.2, 0.25) is 5.91 Å². The maximum atomic E-state index is 13.0. The second-order valence-electron chi connectivity index (χ2n) is 6.42. The fraction of sp³-hybridized carbons (Fsp3) is 0.938. The maximum absolute atomic E-state index is 13.0. The number of carbonyl (C=O) groups excluding carboxylic acids is 1. The summed E-state index contributed by atoms with van der Waals surface area (Å²) in [6.45, 7) is 8.25. The normalized spacial score (nSPS) is 22.8. The first kappa shape index (κ1) is 14.8. The van der Waals surface area contributed by atoms with E-state index >= 15 is 0 Å². The zero-order valence-electron chi connectivity index (χ0n) is 12.7. The van der Waals surface area contributed by atoms with Gasteiger partial charge in [-0.1, -0.05) is 19.8 Å². The first-order chi connectivity index (χ1) is 9.22. The number of nitrogens with one attached hydrogen (secondary N) is 1. The summed E-state index contributed by atoms with van der Waals surface area (Å²) in [6.07, 6.45) is 8.25. The van der Waals surface area contributed by atoms with Gasteiger partial charge in [-0.15, -0.1) is 0 Å². The van der Waals surface area contributed by atoms with Crippen molar-refractivity contribution in [1.29, 1.82) is 0 Å². The lowest BCUT2D eigenvalue weighted by Gasteiger charge is -2.41. The minimum atomic E-state index is -0.0558. The molecule has 1 saturated heterocycles. The summed E-state index contributed by atoms with van der Waals surface area (Å²) in [7, 11) is 0. The molecule has 0 atom stereocenters. The summed E-state index contributed by atoms with van der Waals surface area (Å²) in [5.74, 6) is 1.23. The lowest BCUT2D eigenvalue weighted by Crippen LogP contribution is -2.50. The molecule has 2 aliphatic rings. The summed E-state index contributed by atoms with van der Waals surface area (Å²) in [6, 6.07) is 0. The van der Waals surface area contributed by atoms with Crippen LogP contribution in [0.15, 0.2) is 0 Å². The second-order valence-corrected chi connectivity index (χ2v) is 6.42. The van der Waals surface area contributed by atoms with Crippen molar-refractivity contribution in [3.8, 4) is 0 Å². The van der Waals surface area contributed by atoms with Crippen molar-refractivity contribution in [1.82, 2.24) is 10.2 Å². The molecule has 2 rings (SSSR count). The molecule has 0 bridgehead atoms. The second kappa shape index (κ2) is 6.74. The average Bonchev–Trinajstić information content (AvgIpc) is 2.38. The van der Waals surface area contributed by atoms with Crippen LogP contribution in [-0.2, 0) is 4.79 Å². The summed E-state index contributed by atoms with van der Waals surface area (Å²) >= 11 is 0. The summed E-state index contributed by atoms with van der Waals surface area (Å²) in [4.78, 5) is 15.2. The molecule has 1 N–H and O–H groups in total. The van der Waals surface area contributed by atoms with Gasteiger partial charge in [0.05, 0.1) is 5.41 Å². The molecule has 19 heavy (non-hydrogen) atoms. The van der Waals surface area contributed by atoms with E-state index in [-0.39, 0.29) is 5.41 Å². The SMILES string of the molecule is CCCC1(C(=O)N(CC)CC2CCC2)CCNCC1. The van der Waals surface area contributed by atoms with Crippen LogP contribution in [0.3, 0.4) is 0 Å². The largest absolute Gasteiger partial charge is 0.342 e.